The molecule has 1 aliphatic rings. The first-order chi connectivity index (χ1) is 8.26. The highest BCUT2D eigenvalue weighted by atomic mass is 35.5. The van der Waals surface area contributed by atoms with Crippen LogP contribution in [0.4, 0.5) is 5.69 Å². The van der Waals surface area contributed by atoms with Crippen LogP contribution in [0.5, 0.6) is 0 Å². The molecule has 2 rings (SSSR count). The van der Waals surface area contributed by atoms with Crippen molar-refractivity contribution in [3.8, 4) is 6.07 Å². The minimum Gasteiger partial charge on any atom is -0.395 e. The van der Waals surface area contributed by atoms with Crippen molar-refractivity contribution in [2.24, 2.45) is 0 Å². The van der Waals surface area contributed by atoms with Crippen molar-refractivity contribution in [1.29, 1.82) is 5.26 Å². The van der Waals surface area contributed by atoms with Gasteiger partial charge in [-0.05, 0) is 37.5 Å². The Bertz CT molecular complexity index is 438. The lowest BCUT2D eigenvalue weighted by Crippen LogP contribution is -2.42. The fourth-order valence-corrected chi connectivity index (χ4v) is 2.33. The SMILES string of the molecule is N#Cc1cc(Cl)ccc1N(CCO)C1CCC1. The van der Waals surface area contributed by atoms with Crippen LogP contribution in [0.15, 0.2) is 18.2 Å². The molecule has 0 spiro atoms. The van der Waals surface area contributed by atoms with Gasteiger partial charge in [-0.3, -0.25) is 0 Å². The first-order valence-electron chi connectivity index (χ1n) is 5.83. The molecule has 0 bridgehead atoms. The molecule has 0 heterocycles. The summed E-state index contributed by atoms with van der Waals surface area (Å²) in [6.07, 6.45) is 3.49. The number of benzene rings is 1. The van der Waals surface area contributed by atoms with Crippen LogP contribution in [0.25, 0.3) is 0 Å². The summed E-state index contributed by atoms with van der Waals surface area (Å²) >= 11 is 5.89. The standard InChI is InChI=1S/C13H15ClN2O/c14-11-4-5-13(10(8-11)9-15)16(6-7-17)12-2-1-3-12/h4-5,8,12,17H,1-3,6-7H2. The molecule has 0 aromatic heterocycles. The molecule has 17 heavy (non-hydrogen) atoms. The maximum atomic E-state index is 9.13. The topological polar surface area (TPSA) is 47.3 Å². The quantitative estimate of drug-likeness (QED) is 0.894. The van der Waals surface area contributed by atoms with Crippen LogP contribution >= 0.6 is 11.6 Å². The monoisotopic (exact) mass is 250 g/mol. The molecule has 1 N–H and O–H groups in total. The van der Waals surface area contributed by atoms with Crippen molar-refractivity contribution >= 4 is 17.3 Å². The number of halogens is 1. The van der Waals surface area contributed by atoms with Crippen LogP contribution in [0.3, 0.4) is 0 Å². The van der Waals surface area contributed by atoms with Gasteiger partial charge in [0.25, 0.3) is 0 Å². The van der Waals surface area contributed by atoms with Crippen LogP contribution in [0.1, 0.15) is 24.8 Å². The van der Waals surface area contributed by atoms with Crippen LogP contribution < -0.4 is 4.90 Å². The van der Waals surface area contributed by atoms with Gasteiger partial charge in [0.2, 0.25) is 0 Å². The largest absolute Gasteiger partial charge is 0.395 e. The molecule has 1 aliphatic carbocycles. The van der Waals surface area contributed by atoms with Crippen LogP contribution in [0, 0.1) is 11.3 Å². The zero-order chi connectivity index (χ0) is 12.3. The van der Waals surface area contributed by atoms with E-state index in [4.69, 9.17) is 22.0 Å². The Morgan fingerprint density at radius 3 is 2.76 bits per heavy atom. The first-order valence-corrected chi connectivity index (χ1v) is 6.21. The molecule has 0 unspecified atom stereocenters. The smallest absolute Gasteiger partial charge is 0.101 e. The molecule has 0 radical (unpaired) electrons. The fourth-order valence-electron chi connectivity index (χ4n) is 2.15. The van der Waals surface area contributed by atoms with Crippen LogP contribution in [-0.4, -0.2) is 24.3 Å². The Morgan fingerprint density at radius 1 is 1.47 bits per heavy atom. The van der Waals surface area contributed by atoms with Gasteiger partial charge in [0.05, 0.1) is 17.9 Å². The normalized spacial score (nSPS) is 15.1. The van der Waals surface area contributed by atoms with Crippen molar-refractivity contribution in [1.82, 2.24) is 0 Å². The zero-order valence-corrected chi connectivity index (χ0v) is 10.3. The maximum absolute atomic E-state index is 9.13. The average Bonchev–Trinajstić information content (AvgIpc) is 2.26. The summed E-state index contributed by atoms with van der Waals surface area (Å²) in [7, 11) is 0. The summed E-state index contributed by atoms with van der Waals surface area (Å²) in [6, 6.07) is 7.97. The number of aliphatic hydroxyl groups excluding tert-OH is 1. The lowest BCUT2D eigenvalue weighted by Gasteiger charge is -2.39. The highest BCUT2D eigenvalue weighted by Crippen LogP contribution is 2.32. The lowest BCUT2D eigenvalue weighted by molar-refractivity contribution is 0.283. The number of nitriles is 1. The average molecular weight is 251 g/mol. The summed E-state index contributed by atoms with van der Waals surface area (Å²) in [4.78, 5) is 2.12. The molecule has 3 nitrogen and oxygen atoms in total. The number of hydrogen-bond acceptors (Lipinski definition) is 3. The number of aliphatic hydroxyl groups is 1. The third-order valence-corrected chi connectivity index (χ3v) is 3.48. The van der Waals surface area contributed by atoms with Crippen LogP contribution in [-0.2, 0) is 0 Å². The van der Waals surface area contributed by atoms with Crippen LogP contribution in [0.2, 0.25) is 5.02 Å². The molecule has 4 heteroatoms. The summed E-state index contributed by atoms with van der Waals surface area (Å²) in [5.74, 6) is 0. The second-order valence-corrected chi connectivity index (χ2v) is 4.71. The molecule has 1 fully saturated rings. The Kier molecular flexibility index (Phi) is 3.88. The summed E-state index contributed by atoms with van der Waals surface area (Å²) in [5.41, 5.74) is 1.47. The van der Waals surface area contributed by atoms with Crippen molar-refractivity contribution in [2.75, 3.05) is 18.1 Å². The number of anilines is 1. The highest BCUT2D eigenvalue weighted by molar-refractivity contribution is 6.30. The fraction of sp³-hybridized carbons (Fsp3) is 0.462. The van der Waals surface area contributed by atoms with Crippen molar-refractivity contribution in [3.63, 3.8) is 0 Å². The Morgan fingerprint density at radius 2 is 2.24 bits per heavy atom. The van der Waals surface area contributed by atoms with Crippen molar-refractivity contribution in [3.05, 3.63) is 28.8 Å². The van der Waals surface area contributed by atoms with Gasteiger partial charge >= 0.3 is 0 Å². The minimum atomic E-state index is 0.101. The van der Waals surface area contributed by atoms with E-state index in [9.17, 15) is 0 Å². The number of hydrogen-bond donors (Lipinski definition) is 1. The Labute approximate surface area is 106 Å². The molecule has 0 amide bonds. The molecule has 0 saturated heterocycles. The second-order valence-electron chi connectivity index (χ2n) is 4.28. The number of rotatable bonds is 4. The predicted molar refractivity (Wildman–Crippen MR) is 68.2 cm³/mol. The van der Waals surface area contributed by atoms with Crippen molar-refractivity contribution < 1.29 is 5.11 Å². The third kappa shape index (κ3) is 2.54. The molecular formula is C13H15ClN2O. The summed E-state index contributed by atoms with van der Waals surface area (Å²) in [6.45, 7) is 0.672. The van der Waals surface area contributed by atoms with Gasteiger partial charge in [-0.25, -0.2) is 0 Å². The van der Waals surface area contributed by atoms with E-state index in [0.717, 1.165) is 18.5 Å². The second kappa shape index (κ2) is 5.39. The van der Waals surface area contributed by atoms with E-state index in [1.165, 1.54) is 6.42 Å². The van der Waals surface area contributed by atoms with E-state index in [-0.39, 0.29) is 6.61 Å². The molecule has 90 valence electrons. The van der Waals surface area contributed by atoms with Gasteiger partial charge in [-0.2, -0.15) is 5.26 Å². The van der Waals surface area contributed by atoms with Gasteiger partial charge in [-0.15, -0.1) is 0 Å². The predicted octanol–water partition coefficient (Wildman–Crippen LogP) is 2.56. The molecule has 0 atom stereocenters. The van der Waals surface area contributed by atoms with Gasteiger partial charge in [0, 0.05) is 17.6 Å². The van der Waals surface area contributed by atoms with Gasteiger partial charge < -0.3 is 10.0 Å². The maximum Gasteiger partial charge on any atom is 0.101 e. The third-order valence-electron chi connectivity index (χ3n) is 3.24. The van der Waals surface area contributed by atoms with E-state index in [0.29, 0.717) is 23.2 Å². The van der Waals surface area contributed by atoms with Gasteiger partial charge in [-0.1, -0.05) is 11.6 Å². The molecular weight excluding hydrogens is 236 g/mol. The van der Waals surface area contributed by atoms with Gasteiger partial charge in [0.15, 0.2) is 0 Å². The summed E-state index contributed by atoms with van der Waals surface area (Å²) in [5, 5.41) is 18.8. The van der Waals surface area contributed by atoms with E-state index in [2.05, 4.69) is 11.0 Å². The Hall–Kier alpha value is -1.24. The van der Waals surface area contributed by atoms with E-state index in [1.54, 1.807) is 12.1 Å². The Balaban J connectivity index is 2.31. The molecule has 1 aromatic carbocycles. The molecule has 0 aliphatic heterocycles. The van der Waals surface area contributed by atoms with Crippen molar-refractivity contribution in [2.45, 2.75) is 25.3 Å². The number of nitrogens with zero attached hydrogens (tertiary/aromatic N) is 2. The molecule has 1 aromatic rings. The summed E-state index contributed by atoms with van der Waals surface area (Å²) < 4.78 is 0. The van der Waals surface area contributed by atoms with Gasteiger partial charge in [0.1, 0.15) is 6.07 Å². The zero-order valence-electron chi connectivity index (χ0n) is 9.56. The van der Waals surface area contributed by atoms with E-state index < -0.39 is 0 Å². The molecule has 1 saturated carbocycles. The first kappa shape index (κ1) is 12.2. The van der Waals surface area contributed by atoms with E-state index >= 15 is 0 Å². The van der Waals surface area contributed by atoms with E-state index in [1.807, 2.05) is 6.07 Å². The lowest BCUT2D eigenvalue weighted by atomic mass is 9.90. The highest BCUT2D eigenvalue weighted by Gasteiger charge is 2.26. The minimum absolute atomic E-state index is 0.101.